The highest BCUT2D eigenvalue weighted by Crippen LogP contribution is 2.21. The average molecular weight is 150 g/mol. The molecule has 1 heterocycles. The summed E-state index contributed by atoms with van der Waals surface area (Å²) in [6.07, 6.45) is 1.66. The van der Waals surface area contributed by atoms with Crippen molar-refractivity contribution in [3.8, 4) is 0 Å². The summed E-state index contributed by atoms with van der Waals surface area (Å²) in [6.45, 7) is 0.883. The molecule has 1 rings (SSSR count). The summed E-state index contributed by atoms with van der Waals surface area (Å²) in [5, 5.41) is 2.92. The molecule has 0 radical (unpaired) electrons. The molecule has 1 aliphatic heterocycles. The molecule has 0 aromatic carbocycles. The van der Waals surface area contributed by atoms with Crippen LogP contribution in [0.3, 0.4) is 0 Å². The minimum Gasteiger partial charge on any atom is -0.288 e. The van der Waals surface area contributed by atoms with Crippen molar-refractivity contribution in [1.29, 1.82) is 0 Å². The van der Waals surface area contributed by atoms with E-state index in [4.69, 9.17) is 4.89 Å². The fraction of sp³-hybridized carbons (Fsp3) is 1.00. The van der Waals surface area contributed by atoms with Crippen LogP contribution in [0.4, 0.5) is 0 Å². The summed E-state index contributed by atoms with van der Waals surface area (Å²) in [7, 11) is -2.42. The van der Waals surface area contributed by atoms with Crippen molar-refractivity contribution in [2.24, 2.45) is 0 Å². The minimum absolute atomic E-state index is 0.196. The van der Waals surface area contributed by atoms with Gasteiger partial charge in [0.1, 0.15) is 0 Å². The Labute approximate surface area is 54.2 Å². The molecule has 2 N–H and O–H groups in total. The molecule has 0 bridgehead atoms. The predicted molar refractivity (Wildman–Crippen MR) is 31.9 cm³/mol. The van der Waals surface area contributed by atoms with Crippen LogP contribution in [0.25, 0.3) is 0 Å². The van der Waals surface area contributed by atoms with Gasteiger partial charge in [0.25, 0.3) is 0 Å². The molecule has 4 nitrogen and oxygen atoms in total. The normalized spacial score (nSPS) is 28.6. The zero-order chi connectivity index (χ0) is 6.69. The average Bonchev–Trinajstić information content (AvgIpc) is 2.15. The molecule has 0 aromatic rings. The number of nitrogens with one attached hydrogen (secondary N) is 1. The molecule has 9 heavy (non-hydrogen) atoms. The van der Waals surface area contributed by atoms with Crippen LogP contribution in [0.2, 0.25) is 0 Å². The van der Waals surface area contributed by atoms with Crippen LogP contribution >= 0.6 is 8.25 Å². The Bertz CT molecular complexity index is 112. The maximum Gasteiger partial charge on any atom is 0.696 e. The van der Waals surface area contributed by atoms with Crippen LogP contribution < -0.4 is 5.32 Å². The van der Waals surface area contributed by atoms with Gasteiger partial charge in [-0.3, -0.25) is 5.32 Å². The monoisotopic (exact) mass is 150 g/mol. The highest BCUT2D eigenvalue weighted by molar-refractivity contribution is 7.32. The summed E-state index contributed by atoms with van der Waals surface area (Å²) in [5.41, 5.74) is 0. The maximum atomic E-state index is 10.0. The third kappa shape index (κ3) is 2.37. The molecule has 52 valence electrons. The Morgan fingerprint density at radius 1 is 1.78 bits per heavy atom. The lowest BCUT2D eigenvalue weighted by Gasteiger charge is -1.96. The van der Waals surface area contributed by atoms with Gasteiger partial charge >= 0.3 is 8.25 Å². The lowest BCUT2D eigenvalue weighted by atomic mass is 10.4. The van der Waals surface area contributed by atoms with E-state index < -0.39 is 8.25 Å². The summed E-state index contributed by atoms with van der Waals surface area (Å²) < 4.78 is 14.6. The first-order valence-electron chi connectivity index (χ1n) is 2.85. The second-order valence-electron chi connectivity index (χ2n) is 1.93. The summed E-state index contributed by atoms with van der Waals surface area (Å²) >= 11 is 0. The van der Waals surface area contributed by atoms with Gasteiger partial charge < -0.3 is 0 Å². The third-order valence-electron chi connectivity index (χ3n) is 1.23. The second-order valence-corrected chi connectivity index (χ2v) is 2.61. The van der Waals surface area contributed by atoms with Gasteiger partial charge in [-0.1, -0.05) is 0 Å². The molecule has 1 fully saturated rings. The standard InChI is InChI=1S/C4H8NO3P/c6-9(7)8-4-2-1-3-5-4/h4-5H,1-3H2/p+1. The first kappa shape index (κ1) is 7.09. The number of rotatable bonds is 2. The highest BCUT2D eigenvalue weighted by Gasteiger charge is 2.25. The van der Waals surface area contributed by atoms with E-state index in [1.54, 1.807) is 0 Å². The topological polar surface area (TPSA) is 58.6 Å². The zero-order valence-corrected chi connectivity index (χ0v) is 5.80. The molecular formula is C4H9NO3P+. The van der Waals surface area contributed by atoms with Gasteiger partial charge in [0.15, 0.2) is 6.23 Å². The highest BCUT2D eigenvalue weighted by atomic mass is 31.1. The van der Waals surface area contributed by atoms with Crippen molar-refractivity contribution < 1.29 is 14.0 Å². The summed E-state index contributed by atoms with van der Waals surface area (Å²) in [6, 6.07) is 0. The van der Waals surface area contributed by atoms with Crippen LogP contribution in [0, 0.1) is 0 Å². The van der Waals surface area contributed by atoms with Crippen molar-refractivity contribution in [2.75, 3.05) is 6.54 Å². The molecule has 2 unspecified atom stereocenters. The van der Waals surface area contributed by atoms with Gasteiger partial charge in [0, 0.05) is 4.57 Å². The number of hydrogen-bond donors (Lipinski definition) is 2. The van der Waals surface area contributed by atoms with E-state index in [-0.39, 0.29) is 6.23 Å². The summed E-state index contributed by atoms with van der Waals surface area (Å²) in [4.78, 5) is 8.26. The third-order valence-corrected chi connectivity index (χ3v) is 1.67. The molecule has 5 heteroatoms. The Kier molecular flexibility index (Phi) is 2.54. The lowest BCUT2D eigenvalue weighted by Crippen LogP contribution is -2.21. The van der Waals surface area contributed by atoms with Crippen LogP contribution in [0.5, 0.6) is 0 Å². The van der Waals surface area contributed by atoms with Crippen molar-refractivity contribution in [1.82, 2.24) is 5.32 Å². The Morgan fingerprint density at radius 2 is 2.56 bits per heavy atom. The van der Waals surface area contributed by atoms with Gasteiger partial charge in [-0.25, -0.2) is 0 Å². The first-order valence-corrected chi connectivity index (χ1v) is 3.98. The van der Waals surface area contributed by atoms with E-state index in [0.717, 1.165) is 19.4 Å². The smallest absolute Gasteiger partial charge is 0.288 e. The van der Waals surface area contributed by atoms with Crippen LogP contribution in [0.1, 0.15) is 12.8 Å². The van der Waals surface area contributed by atoms with E-state index in [0.29, 0.717) is 0 Å². The van der Waals surface area contributed by atoms with Crippen molar-refractivity contribution >= 4 is 8.25 Å². The molecule has 0 aliphatic carbocycles. The van der Waals surface area contributed by atoms with E-state index in [1.807, 2.05) is 0 Å². The van der Waals surface area contributed by atoms with Crippen molar-refractivity contribution in [3.63, 3.8) is 0 Å². The van der Waals surface area contributed by atoms with Gasteiger partial charge in [-0.2, -0.15) is 0 Å². The Morgan fingerprint density at radius 3 is 3.00 bits per heavy atom. The predicted octanol–water partition coefficient (Wildman–Crippen LogP) is 0.362. The van der Waals surface area contributed by atoms with Crippen LogP contribution in [-0.2, 0) is 9.09 Å². The first-order chi connectivity index (χ1) is 4.29. The lowest BCUT2D eigenvalue weighted by molar-refractivity contribution is 0.175. The molecule has 0 aromatic heterocycles. The fourth-order valence-corrected chi connectivity index (χ4v) is 1.25. The number of hydrogen-bond acceptors (Lipinski definition) is 3. The van der Waals surface area contributed by atoms with E-state index >= 15 is 0 Å². The molecule has 0 saturated carbocycles. The van der Waals surface area contributed by atoms with Gasteiger partial charge in [0.2, 0.25) is 0 Å². The molecule has 1 aliphatic rings. The quantitative estimate of drug-likeness (QED) is 0.558. The zero-order valence-electron chi connectivity index (χ0n) is 4.91. The van der Waals surface area contributed by atoms with Gasteiger partial charge in [-0.15, -0.1) is 9.42 Å². The van der Waals surface area contributed by atoms with E-state index in [9.17, 15) is 4.57 Å². The Hall–Kier alpha value is -0.0200. The van der Waals surface area contributed by atoms with E-state index in [1.165, 1.54) is 0 Å². The van der Waals surface area contributed by atoms with Crippen LogP contribution in [0.15, 0.2) is 0 Å². The molecule has 1 saturated heterocycles. The minimum atomic E-state index is -2.42. The SMILES string of the molecule is O=[P+](O)OC1CCCN1. The fourth-order valence-electron chi connectivity index (χ4n) is 0.851. The second kappa shape index (κ2) is 3.22. The molecular weight excluding hydrogens is 141 g/mol. The molecule has 0 amide bonds. The maximum absolute atomic E-state index is 10.0. The van der Waals surface area contributed by atoms with Gasteiger partial charge in [0.05, 0.1) is 0 Å². The molecule has 2 atom stereocenters. The summed E-state index contributed by atoms with van der Waals surface area (Å²) in [5.74, 6) is 0. The van der Waals surface area contributed by atoms with Crippen molar-refractivity contribution in [2.45, 2.75) is 19.1 Å². The largest absolute Gasteiger partial charge is 0.696 e. The van der Waals surface area contributed by atoms with Crippen LogP contribution in [-0.4, -0.2) is 17.7 Å². The van der Waals surface area contributed by atoms with Crippen molar-refractivity contribution in [3.05, 3.63) is 0 Å². The van der Waals surface area contributed by atoms with Gasteiger partial charge in [-0.05, 0) is 19.4 Å². The Balaban J connectivity index is 2.19. The molecule has 0 spiro atoms. The van der Waals surface area contributed by atoms with E-state index in [2.05, 4.69) is 9.84 Å².